The van der Waals surface area contributed by atoms with Crippen LogP contribution in [0.15, 0.2) is 48.8 Å². The number of nitrogens with one attached hydrogen (secondary N) is 1. The molecule has 0 saturated heterocycles. The Balaban J connectivity index is 1.94. The normalized spacial score (nSPS) is 13.0. The average molecular weight is 277 g/mol. The number of benzene rings is 1. The fourth-order valence-electron chi connectivity index (χ4n) is 2.41. The highest BCUT2D eigenvalue weighted by molar-refractivity contribution is 5.98. The number of carbonyl (C=O) groups is 1. The lowest BCUT2D eigenvalue weighted by Crippen LogP contribution is -2.21. The topological polar surface area (TPSA) is 72.7 Å². The molecule has 102 valence electrons. The van der Waals surface area contributed by atoms with E-state index in [1.54, 1.807) is 17.1 Å². The molecule has 2 aromatic heterocycles. The van der Waals surface area contributed by atoms with Crippen molar-refractivity contribution in [3.63, 3.8) is 0 Å². The lowest BCUT2D eigenvalue weighted by atomic mass is 10.1. The minimum absolute atomic E-state index is 0.150. The predicted molar refractivity (Wildman–Crippen MR) is 75.8 cm³/mol. The number of carbonyl (C=O) groups excluding carboxylic acids is 1. The summed E-state index contributed by atoms with van der Waals surface area (Å²) in [4.78, 5) is 16.5. The Morgan fingerprint density at radius 1 is 1.14 bits per heavy atom. The van der Waals surface area contributed by atoms with Gasteiger partial charge in [-0.3, -0.25) is 9.78 Å². The van der Waals surface area contributed by atoms with Crippen molar-refractivity contribution in [3.8, 4) is 16.9 Å². The van der Waals surface area contributed by atoms with Gasteiger partial charge in [0.15, 0.2) is 0 Å². The van der Waals surface area contributed by atoms with E-state index in [1.807, 2.05) is 36.4 Å². The van der Waals surface area contributed by atoms with Gasteiger partial charge < -0.3 is 5.32 Å². The number of nitrogens with zero attached hydrogens (tertiary/aromatic N) is 4. The molecule has 0 spiro atoms. The summed E-state index contributed by atoms with van der Waals surface area (Å²) in [7, 11) is 0. The second-order valence-corrected chi connectivity index (χ2v) is 4.77. The van der Waals surface area contributed by atoms with E-state index < -0.39 is 0 Å². The van der Waals surface area contributed by atoms with Gasteiger partial charge in [-0.1, -0.05) is 35.5 Å². The lowest BCUT2D eigenvalue weighted by molar-refractivity contribution is 0.0952. The van der Waals surface area contributed by atoms with E-state index in [4.69, 9.17) is 0 Å². The Labute approximate surface area is 120 Å². The van der Waals surface area contributed by atoms with Crippen molar-refractivity contribution in [2.45, 2.75) is 6.54 Å². The van der Waals surface area contributed by atoms with Crippen molar-refractivity contribution in [1.29, 1.82) is 0 Å². The van der Waals surface area contributed by atoms with Crippen molar-refractivity contribution in [2.75, 3.05) is 0 Å². The molecule has 0 atom stereocenters. The molecule has 0 unspecified atom stereocenters. The van der Waals surface area contributed by atoms with Crippen LogP contribution in [0.3, 0.4) is 0 Å². The molecule has 21 heavy (non-hydrogen) atoms. The number of aromatic nitrogens is 4. The molecule has 0 aliphatic carbocycles. The Hall–Kier alpha value is -3.02. The van der Waals surface area contributed by atoms with Gasteiger partial charge in [0.2, 0.25) is 0 Å². The summed E-state index contributed by atoms with van der Waals surface area (Å²) >= 11 is 0. The highest BCUT2D eigenvalue weighted by Crippen LogP contribution is 2.24. The number of pyridine rings is 1. The summed E-state index contributed by atoms with van der Waals surface area (Å²) in [6, 6.07) is 11.7. The first kappa shape index (κ1) is 11.8. The van der Waals surface area contributed by atoms with Crippen molar-refractivity contribution < 1.29 is 4.79 Å². The molecule has 3 heterocycles. The maximum Gasteiger partial charge on any atom is 0.255 e. The summed E-state index contributed by atoms with van der Waals surface area (Å²) < 4.78 is 1.68. The summed E-state index contributed by atoms with van der Waals surface area (Å²) in [6.45, 7) is 0.404. The molecule has 1 aromatic carbocycles. The fourth-order valence-corrected chi connectivity index (χ4v) is 2.41. The van der Waals surface area contributed by atoms with Crippen molar-refractivity contribution in [1.82, 2.24) is 25.3 Å². The standard InChI is InChI=1S/C15H11N5O/c21-15-12-9-16-13(10-4-2-1-3-5-10)6-14(12)20-11(7-17-15)8-18-19-20/h1-6,8-9H,7H2,(H,17,21). The third kappa shape index (κ3) is 1.88. The van der Waals surface area contributed by atoms with E-state index in [1.165, 1.54) is 0 Å². The van der Waals surface area contributed by atoms with Gasteiger partial charge in [-0.05, 0) is 6.07 Å². The number of hydrogen-bond acceptors (Lipinski definition) is 4. The van der Waals surface area contributed by atoms with E-state index >= 15 is 0 Å². The minimum atomic E-state index is -0.150. The molecule has 1 amide bonds. The zero-order chi connectivity index (χ0) is 14.2. The van der Waals surface area contributed by atoms with Gasteiger partial charge in [-0.25, -0.2) is 4.68 Å². The van der Waals surface area contributed by atoms with E-state index in [2.05, 4.69) is 20.6 Å². The first-order valence-corrected chi connectivity index (χ1v) is 6.56. The van der Waals surface area contributed by atoms with E-state index in [-0.39, 0.29) is 5.91 Å². The Kier molecular flexibility index (Phi) is 2.53. The summed E-state index contributed by atoms with van der Waals surface area (Å²) in [5.41, 5.74) is 3.83. The SMILES string of the molecule is O=C1NCc2cnnn2-c2cc(-c3ccccc3)ncc21. The minimum Gasteiger partial charge on any atom is -0.346 e. The van der Waals surface area contributed by atoms with Crippen LogP contribution in [0, 0.1) is 0 Å². The molecule has 6 nitrogen and oxygen atoms in total. The molecule has 0 saturated carbocycles. The van der Waals surface area contributed by atoms with Gasteiger partial charge in [-0.15, -0.1) is 5.10 Å². The van der Waals surface area contributed by atoms with Crippen LogP contribution in [0.1, 0.15) is 16.1 Å². The number of hydrogen-bond donors (Lipinski definition) is 1. The van der Waals surface area contributed by atoms with E-state index in [0.29, 0.717) is 17.8 Å². The van der Waals surface area contributed by atoms with Crippen molar-refractivity contribution in [2.24, 2.45) is 0 Å². The molecular weight excluding hydrogens is 266 g/mol. The monoisotopic (exact) mass is 277 g/mol. The van der Waals surface area contributed by atoms with Crippen LogP contribution in [0.2, 0.25) is 0 Å². The molecule has 0 bridgehead atoms. The Morgan fingerprint density at radius 3 is 2.86 bits per heavy atom. The molecule has 0 radical (unpaired) electrons. The molecule has 6 heteroatoms. The maximum atomic E-state index is 12.1. The third-order valence-corrected chi connectivity index (χ3v) is 3.47. The third-order valence-electron chi connectivity index (χ3n) is 3.47. The van der Waals surface area contributed by atoms with Crippen LogP contribution in [0.25, 0.3) is 16.9 Å². The quantitative estimate of drug-likeness (QED) is 0.733. The Morgan fingerprint density at radius 2 is 2.00 bits per heavy atom. The zero-order valence-corrected chi connectivity index (χ0v) is 11.0. The van der Waals surface area contributed by atoms with Gasteiger partial charge in [0.1, 0.15) is 0 Å². The summed E-state index contributed by atoms with van der Waals surface area (Å²) in [5, 5.41) is 10.8. The summed E-state index contributed by atoms with van der Waals surface area (Å²) in [5.74, 6) is -0.150. The number of rotatable bonds is 1. The molecular formula is C15H11N5O. The van der Waals surface area contributed by atoms with Crippen molar-refractivity contribution >= 4 is 5.91 Å². The molecule has 1 aliphatic rings. The lowest BCUT2D eigenvalue weighted by Gasteiger charge is -2.08. The van der Waals surface area contributed by atoms with Crippen LogP contribution < -0.4 is 5.32 Å². The average Bonchev–Trinajstić information content (AvgIpc) is 2.96. The summed E-state index contributed by atoms with van der Waals surface area (Å²) in [6.07, 6.45) is 3.24. The largest absolute Gasteiger partial charge is 0.346 e. The van der Waals surface area contributed by atoms with Crippen LogP contribution >= 0.6 is 0 Å². The smallest absolute Gasteiger partial charge is 0.255 e. The maximum absolute atomic E-state index is 12.1. The van der Waals surface area contributed by atoms with E-state index in [0.717, 1.165) is 17.0 Å². The first-order valence-electron chi connectivity index (χ1n) is 6.56. The van der Waals surface area contributed by atoms with E-state index in [9.17, 15) is 4.79 Å². The number of amides is 1. The molecule has 3 aromatic rings. The highest BCUT2D eigenvalue weighted by atomic mass is 16.1. The zero-order valence-electron chi connectivity index (χ0n) is 11.0. The Bertz CT molecular complexity index is 825. The van der Waals surface area contributed by atoms with Crippen LogP contribution in [-0.4, -0.2) is 25.9 Å². The van der Waals surface area contributed by atoms with Crippen LogP contribution in [0.5, 0.6) is 0 Å². The molecule has 1 aliphatic heterocycles. The van der Waals surface area contributed by atoms with Gasteiger partial charge in [-0.2, -0.15) is 0 Å². The van der Waals surface area contributed by atoms with Gasteiger partial charge in [0.25, 0.3) is 5.91 Å². The van der Waals surface area contributed by atoms with Gasteiger partial charge in [0.05, 0.1) is 35.4 Å². The first-order chi connectivity index (χ1) is 10.3. The molecule has 1 N–H and O–H groups in total. The van der Waals surface area contributed by atoms with Crippen LogP contribution in [-0.2, 0) is 6.54 Å². The fraction of sp³-hybridized carbons (Fsp3) is 0.0667. The van der Waals surface area contributed by atoms with Crippen LogP contribution in [0.4, 0.5) is 0 Å². The molecule has 0 fully saturated rings. The number of fused-ring (bicyclic) bond motifs is 3. The second-order valence-electron chi connectivity index (χ2n) is 4.77. The van der Waals surface area contributed by atoms with Crippen molar-refractivity contribution in [3.05, 3.63) is 60.0 Å². The second kappa shape index (κ2) is 4.52. The highest BCUT2D eigenvalue weighted by Gasteiger charge is 2.21. The van der Waals surface area contributed by atoms with Gasteiger partial charge in [0, 0.05) is 11.8 Å². The van der Waals surface area contributed by atoms with Gasteiger partial charge >= 0.3 is 0 Å². The predicted octanol–water partition coefficient (Wildman–Crippen LogP) is 1.57. The molecule has 4 rings (SSSR count).